The van der Waals surface area contributed by atoms with Crippen LogP contribution in [0.5, 0.6) is 0 Å². The molecule has 1 aliphatic rings. The zero-order valence-corrected chi connectivity index (χ0v) is 16.0. The summed E-state index contributed by atoms with van der Waals surface area (Å²) < 4.78 is 5.40. The summed E-state index contributed by atoms with van der Waals surface area (Å²) in [6.45, 7) is 11.0. The van der Waals surface area contributed by atoms with Crippen molar-refractivity contribution in [3.05, 3.63) is 29.3 Å². The second-order valence-corrected chi connectivity index (χ2v) is 8.04. The van der Waals surface area contributed by atoms with E-state index in [4.69, 9.17) is 4.74 Å². The number of amides is 2. The van der Waals surface area contributed by atoms with E-state index in [2.05, 4.69) is 11.4 Å². The molecule has 2 amide bonds. The number of benzene rings is 1. The number of carbonyl (C=O) groups is 2. The smallest absolute Gasteiger partial charge is 0.410 e. The van der Waals surface area contributed by atoms with Crippen LogP contribution in [-0.2, 0) is 9.53 Å². The topological polar surface area (TPSA) is 58.6 Å². The Kier molecular flexibility index (Phi) is 6.09. The molecule has 1 heterocycles. The van der Waals surface area contributed by atoms with Crippen molar-refractivity contribution in [3.8, 4) is 0 Å². The molecule has 0 aliphatic carbocycles. The van der Waals surface area contributed by atoms with Gasteiger partial charge in [-0.1, -0.05) is 6.07 Å². The normalized spacial score (nSPS) is 17.5. The molecule has 0 radical (unpaired) electrons. The molecule has 25 heavy (non-hydrogen) atoms. The summed E-state index contributed by atoms with van der Waals surface area (Å²) in [5.41, 5.74) is 2.66. The number of anilines is 1. The molecule has 0 bridgehead atoms. The summed E-state index contributed by atoms with van der Waals surface area (Å²) in [5.74, 6) is 0.387. The van der Waals surface area contributed by atoms with Crippen molar-refractivity contribution >= 4 is 17.7 Å². The molecule has 2 rings (SSSR count). The minimum Gasteiger partial charge on any atom is -0.444 e. The van der Waals surface area contributed by atoms with Gasteiger partial charge in [-0.3, -0.25) is 4.79 Å². The summed E-state index contributed by atoms with van der Waals surface area (Å²) in [4.78, 5) is 26.0. The zero-order chi connectivity index (χ0) is 18.6. The van der Waals surface area contributed by atoms with Crippen molar-refractivity contribution in [1.29, 1.82) is 0 Å². The van der Waals surface area contributed by atoms with E-state index in [-0.39, 0.29) is 12.0 Å². The lowest BCUT2D eigenvalue weighted by Gasteiger charge is -2.24. The van der Waals surface area contributed by atoms with Crippen molar-refractivity contribution in [2.75, 3.05) is 18.4 Å². The lowest BCUT2D eigenvalue weighted by Crippen LogP contribution is -2.35. The average molecular weight is 346 g/mol. The van der Waals surface area contributed by atoms with Crippen molar-refractivity contribution < 1.29 is 14.3 Å². The van der Waals surface area contributed by atoms with Gasteiger partial charge in [0.15, 0.2) is 0 Å². The summed E-state index contributed by atoms with van der Waals surface area (Å²) in [7, 11) is 0. The highest BCUT2D eigenvalue weighted by Gasteiger charge is 2.29. The molecule has 1 unspecified atom stereocenters. The maximum absolute atomic E-state index is 12.2. The number of hydrogen-bond acceptors (Lipinski definition) is 3. The van der Waals surface area contributed by atoms with Gasteiger partial charge in [0.1, 0.15) is 5.60 Å². The number of rotatable bonds is 4. The summed E-state index contributed by atoms with van der Waals surface area (Å²) in [6, 6.07) is 6.04. The van der Waals surface area contributed by atoms with E-state index >= 15 is 0 Å². The van der Waals surface area contributed by atoms with Gasteiger partial charge in [0, 0.05) is 25.2 Å². The monoisotopic (exact) mass is 346 g/mol. The number of hydrogen-bond donors (Lipinski definition) is 1. The van der Waals surface area contributed by atoms with Crippen LogP contribution in [-0.4, -0.2) is 35.6 Å². The fourth-order valence-electron chi connectivity index (χ4n) is 3.17. The molecule has 1 N–H and O–H groups in total. The predicted octanol–water partition coefficient (Wildman–Crippen LogP) is 4.28. The minimum absolute atomic E-state index is 0.0284. The first kappa shape index (κ1) is 19.3. The van der Waals surface area contributed by atoms with Crippen LogP contribution < -0.4 is 5.32 Å². The zero-order valence-electron chi connectivity index (χ0n) is 16.0. The van der Waals surface area contributed by atoms with Gasteiger partial charge in [-0.05, 0) is 76.6 Å². The number of carbonyl (C=O) groups excluding carboxylic acids is 2. The van der Waals surface area contributed by atoms with Crippen LogP contribution in [0.3, 0.4) is 0 Å². The molecule has 0 aromatic heterocycles. The van der Waals surface area contributed by atoms with Crippen molar-refractivity contribution in [2.45, 2.75) is 59.5 Å². The largest absolute Gasteiger partial charge is 0.444 e. The number of likely N-dealkylation sites (tertiary alicyclic amines) is 1. The van der Waals surface area contributed by atoms with E-state index in [0.29, 0.717) is 25.4 Å². The van der Waals surface area contributed by atoms with E-state index in [1.165, 1.54) is 0 Å². The third kappa shape index (κ3) is 6.40. The molecule has 0 spiro atoms. The van der Waals surface area contributed by atoms with E-state index in [1.807, 2.05) is 46.8 Å². The summed E-state index contributed by atoms with van der Waals surface area (Å²) in [6.07, 6.45) is 1.93. The molecule has 1 aromatic carbocycles. The Morgan fingerprint density at radius 1 is 1.20 bits per heavy atom. The molecule has 1 fully saturated rings. The Hall–Kier alpha value is -2.04. The van der Waals surface area contributed by atoms with Crippen molar-refractivity contribution in [3.63, 3.8) is 0 Å². The molecule has 5 nitrogen and oxygen atoms in total. The van der Waals surface area contributed by atoms with Crippen molar-refractivity contribution in [1.82, 2.24) is 4.90 Å². The van der Waals surface area contributed by atoms with E-state index in [0.717, 1.165) is 29.7 Å². The molecule has 1 aliphatic heterocycles. The number of nitrogens with zero attached hydrogens (tertiary/aromatic N) is 1. The molecule has 5 heteroatoms. The van der Waals surface area contributed by atoms with Gasteiger partial charge in [-0.25, -0.2) is 4.79 Å². The lowest BCUT2D eigenvalue weighted by atomic mass is 10.0. The van der Waals surface area contributed by atoms with Crippen LogP contribution in [0.25, 0.3) is 0 Å². The van der Waals surface area contributed by atoms with Gasteiger partial charge < -0.3 is 15.0 Å². The van der Waals surface area contributed by atoms with Crippen LogP contribution in [0.1, 0.15) is 51.2 Å². The third-order valence-corrected chi connectivity index (χ3v) is 4.22. The number of aryl methyl sites for hydroxylation is 2. The second kappa shape index (κ2) is 7.89. The lowest BCUT2D eigenvalue weighted by molar-refractivity contribution is -0.116. The number of nitrogens with one attached hydrogen (secondary N) is 1. The van der Waals surface area contributed by atoms with Crippen LogP contribution >= 0.6 is 0 Å². The molecule has 1 atom stereocenters. The highest BCUT2D eigenvalue weighted by Crippen LogP contribution is 2.23. The molecular formula is C20H30N2O3. The second-order valence-electron chi connectivity index (χ2n) is 8.04. The Morgan fingerprint density at radius 3 is 2.44 bits per heavy atom. The van der Waals surface area contributed by atoms with Crippen molar-refractivity contribution in [2.24, 2.45) is 5.92 Å². The fourth-order valence-corrected chi connectivity index (χ4v) is 3.17. The molecular weight excluding hydrogens is 316 g/mol. The standard InChI is InChI=1S/C20H30N2O3/c1-14-10-15(2)12-17(11-14)21-18(23)7-6-16-8-9-22(13-16)19(24)25-20(3,4)5/h10-12,16H,6-9,13H2,1-5H3,(H,21,23). The Morgan fingerprint density at radius 2 is 1.84 bits per heavy atom. The fraction of sp³-hybridized carbons (Fsp3) is 0.600. The molecule has 0 saturated carbocycles. The Labute approximate surface area is 150 Å². The highest BCUT2D eigenvalue weighted by molar-refractivity contribution is 5.90. The SMILES string of the molecule is Cc1cc(C)cc(NC(=O)CCC2CCN(C(=O)OC(C)(C)C)C2)c1. The summed E-state index contributed by atoms with van der Waals surface area (Å²) >= 11 is 0. The highest BCUT2D eigenvalue weighted by atomic mass is 16.6. The third-order valence-electron chi connectivity index (χ3n) is 4.22. The van der Waals surface area contributed by atoms with E-state index < -0.39 is 5.60 Å². The van der Waals surface area contributed by atoms with Crippen LogP contribution in [0.2, 0.25) is 0 Å². The summed E-state index contributed by atoms with van der Waals surface area (Å²) in [5, 5.41) is 2.97. The maximum atomic E-state index is 12.2. The first-order chi connectivity index (χ1) is 11.6. The van der Waals surface area contributed by atoms with Crippen LogP contribution in [0.15, 0.2) is 18.2 Å². The molecule has 138 valence electrons. The maximum Gasteiger partial charge on any atom is 0.410 e. The van der Waals surface area contributed by atoms with Gasteiger partial charge in [0.05, 0.1) is 0 Å². The number of ether oxygens (including phenoxy) is 1. The van der Waals surface area contributed by atoms with Gasteiger partial charge in [0.2, 0.25) is 5.91 Å². The van der Waals surface area contributed by atoms with Gasteiger partial charge >= 0.3 is 6.09 Å². The van der Waals surface area contributed by atoms with Crippen LogP contribution in [0, 0.1) is 19.8 Å². The van der Waals surface area contributed by atoms with Gasteiger partial charge in [-0.2, -0.15) is 0 Å². The molecule has 1 aromatic rings. The van der Waals surface area contributed by atoms with Crippen LogP contribution in [0.4, 0.5) is 10.5 Å². The Bertz CT molecular complexity index is 614. The van der Waals surface area contributed by atoms with E-state index in [9.17, 15) is 9.59 Å². The quantitative estimate of drug-likeness (QED) is 0.885. The Balaban J connectivity index is 1.76. The first-order valence-electron chi connectivity index (χ1n) is 8.98. The first-order valence-corrected chi connectivity index (χ1v) is 8.98. The molecule has 1 saturated heterocycles. The minimum atomic E-state index is -0.471. The van der Waals surface area contributed by atoms with E-state index in [1.54, 1.807) is 4.90 Å². The predicted molar refractivity (Wildman–Crippen MR) is 99.7 cm³/mol. The van der Waals surface area contributed by atoms with Gasteiger partial charge in [-0.15, -0.1) is 0 Å². The average Bonchev–Trinajstić information content (AvgIpc) is 2.91. The van der Waals surface area contributed by atoms with Gasteiger partial charge in [0.25, 0.3) is 0 Å².